The summed E-state index contributed by atoms with van der Waals surface area (Å²) in [6.45, 7) is 0. The minimum absolute atomic E-state index is 0.105. The van der Waals surface area contributed by atoms with Gasteiger partial charge in [0, 0.05) is 22.8 Å². The van der Waals surface area contributed by atoms with Crippen molar-refractivity contribution in [1.29, 1.82) is 0 Å². The number of methoxy groups -OCH3 is 1. The zero-order valence-electron chi connectivity index (χ0n) is 11.8. The van der Waals surface area contributed by atoms with E-state index in [2.05, 4.69) is 15.4 Å². The van der Waals surface area contributed by atoms with Crippen molar-refractivity contribution in [3.05, 3.63) is 53.3 Å². The third-order valence-corrected chi connectivity index (χ3v) is 3.54. The highest BCUT2D eigenvalue weighted by atomic mass is 35.5. The van der Waals surface area contributed by atoms with Gasteiger partial charge in [-0.2, -0.15) is 9.61 Å². The Labute approximate surface area is 131 Å². The molecule has 22 heavy (non-hydrogen) atoms. The van der Waals surface area contributed by atoms with Crippen LogP contribution in [0.2, 0.25) is 5.02 Å². The van der Waals surface area contributed by atoms with Gasteiger partial charge in [0.15, 0.2) is 5.65 Å². The number of nitrogens with one attached hydrogen (secondary N) is 1. The topological polar surface area (TPSA) is 68.5 Å². The molecule has 0 spiro atoms. The largest absolute Gasteiger partial charge is 0.496 e. The van der Waals surface area contributed by atoms with E-state index in [1.807, 2.05) is 0 Å². The summed E-state index contributed by atoms with van der Waals surface area (Å²) in [4.78, 5) is 16.4. The van der Waals surface area contributed by atoms with Gasteiger partial charge in [-0.15, -0.1) is 0 Å². The fraction of sp³-hybridized carbons (Fsp3) is 0.133. The Morgan fingerprint density at radius 1 is 1.32 bits per heavy atom. The summed E-state index contributed by atoms with van der Waals surface area (Å²) in [7, 11) is 1.54. The second kappa shape index (κ2) is 6.03. The number of ether oxygens (including phenoxy) is 1. The van der Waals surface area contributed by atoms with Crippen molar-refractivity contribution < 1.29 is 9.53 Å². The summed E-state index contributed by atoms with van der Waals surface area (Å²) in [5.74, 6) is 0.919. The Bertz CT molecular complexity index is 831. The fourth-order valence-corrected chi connectivity index (χ4v) is 2.41. The lowest BCUT2D eigenvalue weighted by Crippen LogP contribution is -2.17. The van der Waals surface area contributed by atoms with E-state index in [-0.39, 0.29) is 12.3 Å². The lowest BCUT2D eigenvalue weighted by molar-refractivity contribution is -0.115. The van der Waals surface area contributed by atoms with Crippen LogP contribution in [0, 0.1) is 0 Å². The minimum Gasteiger partial charge on any atom is -0.496 e. The Kier molecular flexibility index (Phi) is 3.93. The smallest absolute Gasteiger partial charge is 0.230 e. The van der Waals surface area contributed by atoms with Gasteiger partial charge in [-0.25, -0.2) is 4.98 Å². The molecule has 0 bridgehead atoms. The molecule has 1 aromatic carbocycles. The molecule has 0 fully saturated rings. The van der Waals surface area contributed by atoms with Crippen LogP contribution in [-0.2, 0) is 11.2 Å². The summed E-state index contributed by atoms with van der Waals surface area (Å²) in [5, 5.41) is 7.42. The summed E-state index contributed by atoms with van der Waals surface area (Å²) in [6, 6.07) is 8.71. The molecule has 0 saturated carbocycles. The van der Waals surface area contributed by atoms with Gasteiger partial charge in [-0.3, -0.25) is 4.79 Å². The van der Waals surface area contributed by atoms with E-state index < -0.39 is 0 Å². The van der Waals surface area contributed by atoms with E-state index in [9.17, 15) is 4.79 Å². The Morgan fingerprint density at radius 2 is 2.18 bits per heavy atom. The van der Waals surface area contributed by atoms with Gasteiger partial charge in [0.1, 0.15) is 11.6 Å². The van der Waals surface area contributed by atoms with Crippen molar-refractivity contribution in [1.82, 2.24) is 14.6 Å². The number of carbonyl (C=O) groups is 1. The van der Waals surface area contributed by atoms with E-state index in [0.29, 0.717) is 27.8 Å². The molecule has 3 aromatic rings. The first-order valence-electron chi connectivity index (χ1n) is 6.59. The molecule has 2 aromatic heterocycles. The zero-order valence-corrected chi connectivity index (χ0v) is 12.5. The normalized spacial score (nSPS) is 10.6. The van der Waals surface area contributed by atoms with Crippen molar-refractivity contribution in [3.8, 4) is 5.75 Å². The van der Waals surface area contributed by atoms with Gasteiger partial charge in [0.25, 0.3) is 0 Å². The molecule has 112 valence electrons. The fourth-order valence-electron chi connectivity index (χ4n) is 2.18. The van der Waals surface area contributed by atoms with E-state index >= 15 is 0 Å². The van der Waals surface area contributed by atoms with E-state index in [0.717, 1.165) is 0 Å². The number of nitrogens with zero attached hydrogens (tertiary/aromatic N) is 3. The molecule has 7 heteroatoms. The van der Waals surface area contributed by atoms with Crippen LogP contribution < -0.4 is 10.1 Å². The van der Waals surface area contributed by atoms with Crippen LogP contribution in [0.15, 0.2) is 42.7 Å². The molecule has 0 saturated heterocycles. The van der Waals surface area contributed by atoms with Crippen LogP contribution in [0.25, 0.3) is 5.65 Å². The molecule has 0 aliphatic heterocycles. The van der Waals surface area contributed by atoms with Crippen LogP contribution >= 0.6 is 11.6 Å². The van der Waals surface area contributed by atoms with Crippen LogP contribution in [-0.4, -0.2) is 27.6 Å². The van der Waals surface area contributed by atoms with E-state index in [4.69, 9.17) is 16.3 Å². The minimum atomic E-state index is -0.214. The lowest BCUT2D eigenvalue weighted by Gasteiger charge is -2.11. The highest BCUT2D eigenvalue weighted by Crippen LogP contribution is 2.26. The van der Waals surface area contributed by atoms with E-state index in [1.54, 1.807) is 54.4 Å². The number of aromatic nitrogens is 3. The first-order chi connectivity index (χ1) is 10.7. The molecule has 0 aliphatic rings. The maximum absolute atomic E-state index is 12.3. The number of anilines is 1. The third-order valence-electron chi connectivity index (χ3n) is 3.19. The van der Waals surface area contributed by atoms with Crippen LogP contribution in [0.3, 0.4) is 0 Å². The van der Waals surface area contributed by atoms with Crippen LogP contribution in [0.4, 0.5) is 5.82 Å². The predicted octanol–water partition coefficient (Wildman–Crippen LogP) is 2.57. The maximum atomic E-state index is 12.3. The summed E-state index contributed by atoms with van der Waals surface area (Å²) in [5.41, 5.74) is 1.31. The quantitative estimate of drug-likeness (QED) is 0.803. The first kappa shape index (κ1) is 14.3. The number of halogens is 1. The summed E-state index contributed by atoms with van der Waals surface area (Å²) >= 11 is 6.15. The third kappa shape index (κ3) is 2.73. The number of rotatable bonds is 4. The average molecular weight is 317 g/mol. The highest BCUT2D eigenvalue weighted by molar-refractivity contribution is 6.31. The van der Waals surface area contributed by atoms with Gasteiger partial charge in [-0.1, -0.05) is 17.7 Å². The number of fused-ring (bicyclic) bond motifs is 1. The molecule has 1 N–H and O–H groups in total. The van der Waals surface area contributed by atoms with Crippen molar-refractivity contribution >= 4 is 29.0 Å². The molecule has 0 aliphatic carbocycles. The second-order valence-corrected chi connectivity index (χ2v) is 4.98. The van der Waals surface area contributed by atoms with Crippen LogP contribution in [0.5, 0.6) is 5.75 Å². The van der Waals surface area contributed by atoms with Crippen molar-refractivity contribution in [2.45, 2.75) is 6.42 Å². The van der Waals surface area contributed by atoms with Gasteiger partial charge >= 0.3 is 0 Å². The first-order valence-corrected chi connectivity index (χ1v) is 6.97. The van der Waals surface area contributed by atoms with Gasteiger partial charge < -0.3 is 10.1 Å². The van der Waals surface area contributed by atoms with Gasteiger partial charge in [-0.05, 0) is 18.2 Å². The lowest BCUT2D eigenvalue weighted by atomic mass is 10.1. The second-order valence-electron chi connectivity index (χ2n) is 4.58. The predicted molar refractivity (Wildman–Crippen MR) is 83.3 cm³/mol. The van der Waals surface area contributed by atoms with E-state index in [1.165, 1.54) is 0 Å². The number of benzene rings is 1. The maximum Gasteiger partial charge on any atom is 0.230 e. The number of hydrogen-bond acceptors (Lipinski definition) is 4. The van der Waals surface area contributed by atoms with Crippen molar-refractivity contribution in [2.24, 2.45) is 0 Å². The highest BCUT2D eigenvalue weighted by Gasteiger charge is 2.13. The molecule has 3 rings (SSSR count). The molecule has 0 radical (unpaired) electrons. The number of carbonyl (C=O) groups excluding carboxylic acids is 1. The molecule has 2 heterocycles. The molecule has 0 atom stereocenters. The molecular formula is C15H13ClN4O2. The summed E-state index contributed by atoms with van der Waals surface area (Å²) < 4.78 is 6.80. The van der Waals surface area contributed by atoms with Crippen molar-refractivity contribution in [3.63, 3.8) is 0 Å². The molecule has 1 amide bonds. The van der Waals surface area contributed by atoms with Gasteiger partial charge in [0.05, 0.1) is 19.7 Å². The molecular weight excluding hydrogens is 304 g/mol. The molecule has 6 nitrogen and oxygen atoms in total. The average Bonchev–Trinajstić information content (AvgIpc) is 2.99. The van der Waals surface area contributed by atoms with Gasteiger partial charge in [0.2, 0.25) is 5.91 Å². The standard InChI is InChI=1S/C15H13ClN4O2/c1-22-12-4-2-3-11(16)10(12)9-15(21)19-14-5-7-17-13-6-8-18-20(13)14/h2-8H,9H2,1H3,(H,19,21). The monoisotopic (exact) mass is 316 g/mol. The van der Waals surface area contributed by atoms with Crippen LogP contribution in [0.1, 0.15) is 5.56 Å². The SMILES string of the molecule is COc1cccc(Cl)c1CC(=O)Nc1ccnc2ccnn12. The number of amides is 1. The Hall–Kier alpha value is -2.60. The molecule has 0 unspecified atom stereocenters. The zero-order chi connectivity index (χ0) is 15.5. The Morgan fingerprint density at radius 3 is 3.00 bits per heavy atom. The Balaban J connectivity index is 1.83. The number of hydrogen-bond donors (Lipinski definition) is 1. The van der Waals surface area contributed by atoms with Crippen molar-refractivity contribution in [2.75, 3.05) is 12.4 Å². The summed E-state index contributed by atoms with van der Waals surface area (Å²) in [6.07, 6.45) is 3.34.